The molecule has 0 atom stereocenters. The van der Waals surface area contributed by atoms with Crippen LogP contribution in [0.2, 0.25) is 0 Å². The largest absolute Gasteiger partial charge is 0.497 e. The number of hydrogen-bond acceptors (Lipinski definition) is 7. The van der Waals surface area contributed by atoms with Crippen molar-refractivity contribution in [3.8, 4) is 11.5 Å². The predicted octanol–water partition coefficient (Wildman–Crippen LogP) is -0.832. The molecule has 0 spiro atoms. The minimum atomic E-state index is -0.743. The lowest BCUT2D eigenvalue weighted by Crippen LogP contribution is -2.31. The molecule has 0 radical (unpaired) electrons. The molecule has 0 saturated heterocycles. The van der Waals surface area contributed by atoms with Crippen molar-refractivity contribution in [1.29, 1.82) is 0 Å². The Kier molecular flexibility index (Phi) is 5.45. The van der Waals surface area contributed by atoms with Crippen molar-refractivity contribution in [2.24, 2.45) is 5.10 Å². The lowest BCUT2D eigenvalue weighted by Gasteiger charge is -2.06. The van der Waals surface area contributed by atoms with E-state index >= 15 is 0 Å². The molecule has 1 aromatic carbocycles. The van der Waals surface area contributed by atoms with E-state index in [2.05, 4.69) is 15.6 Å². The molecule has 0 aliphatic rings. The Balaban J connectivity index is 2.04. The lowest BCUT2D eigenvalue weighted by atomic mass is 10.2. The molecule has 10 nitrogen and oxygen atoms in total. The first-order chi connectivity index (χ1) is 11.5. The Morgan fingerprint density at radius 1 is 1.33 bits per heavy atom. The monoisotopic (exact) mass is 333 g/mol. The van der Waals surface area contributed by atoms with Crippen molar-refractivity contribution in [2.75, 3.05) is 14.2 Å². The van der Waals surface area contributed by atoms with Gasteiger partial charge in [-0.3, -0.25) is 14.6 Å². The molecule has 1 amide bonds. The summed E-state index contributed by atoms with van der Waals surface area (Å²) >= 11 is 0. The Morgan fingerprint density at radius 2 is 2.12 bits per heavy atom. The van der Waals surface area contributed by atoms with E-state index in [4.69, 9.17) is 9.47 Å². The second kappa shape index (κ2) is 7.72. The summed E-state index contributed by atoms with van der Waals surface area (Å²) in [6.45, 7) is 0. The van der Waals surface area contributed by atoms with Crippen LogP contribution in [0.3, 0.4) is 0 Å². The van der Waals surface area contributed by atoms with E-state index in [0.29, 0.717) is 17.1 Å². The van der Waals surface area contributed by atoms with Gasteiger partial charge in [0.25, 0.3) is 5.56 Å². The molecule has 0 unspecified atom stereocenters. The van der Waals surface area contributed by atoms with Gasteiger partial charge < -0.3 is 9.47 Å². The maximum Gasteiger partial charge on any atom is 0.342 e. The number of carbonyl (C=O) groups is 1. The highest BCUT2D eigenvalue weighted by molar-refractivity contribution is 5.86. The van der Waals surface area contributed by atoms with Crippen LogP contribution in [0.15, 0.2) is 32.9 Å². The number of aromatic amines is 2. The van der Waals surface area contributed by atoms with Crippen LogP contribution in [0.25, 0.3) is 0 Å². The average molecular weight is 333 g/mol. The number of hydrazone groups is 1. The van der Waals surface area contributed by atoms with Crippen LogP contribution in [-0.2, 0) is 11.2 Å². The summed E-state index contributed by atoms with van der Waals surface area (Å²) in [7, 11) is 3.03. The molecule has 24 heavy (non-hydrogen) atoms. The van der Waals surface area contributed by atoms with Gasteiger partial charge in [0, 0.05) is 5.56 Å². The zero-order valence-corrected chi connectivity index (χ0v) is 13.0. The Labute approximate surface area is 135 Å². The molecule has 0 bridgehead atoms. The van der Waals surface area contributed by atoms with Gasteiger partial charge >= 0.3 is 5.69 Å². The first-order valence-corrected chi connectivity index (χ1v) is 6.75. The van der Waals surface area contributed by atoms with Crippen LogP contribution >= 0.6 is 0 Å². The smallest absolute Gasteiger partial charge is 0.342 e. The maximum atomic E-state index is 11.8. The first-order valence-electron chi connectivity index (χ1n) is 6.75. The van der Waals surface area contributed by atoms with Crippen LogP contribution < -0.4 is 26.1 Å². The number of aromatic nitrogens is 3. The normalized spacial score (nSPS) is 10.6. The number of rotatable bonds is 6. The van der Waals surface area contributed by atoms with Gasteiger partial charge in [-0.05, 0) is 18.2 Å². The van der Waals surface area contributed by atoms with Crippen LogP contribution in [0.1, 0.15) is 11.3 Å². The third-order valence-electron chi connectivity index (χ3n) is 2.94. The summed E-state index contributed by atoms with van der Waals surface area (Å²) in [5, 5.41) is 9.35. The topological polar surface area (TPSA) is 139 Å². The van der Waals surface area contributed by atoms with Gasteiger partial charge in [0.05, 0.1) is 26.9 Å². The number of benzene rings is 1. The third kappa shape index (κ3) is 4.29. The van der Waals surface area contributed by atoms with E-state index in [1.165, 1.54) is 20.4 Å². The van der Waals surface area contributed by atoms with Gasteiger partial charge in [0.15, 0.2) is 0 Å². The van der Waals surface area contributed by atoms with Crippen LogP contribution in [0, 0.1) is 0 Å². The minimum absolute atomic E-state index is 0.124. The molecule has 3 N–H and O–H groups in total. The fourth-order valence-electron chi connectivity index (χ4n) is 1.80. The Morgan fingerprint density at radius 3 is 2.79 bits per heavy atom. The predicted molar refractivity (Wildman–Crippen MR) is 84.5 cm³/mol. The van der Waals surface area contributed by atoms with Crippen molar-refractivity contribution in [2.45, 2.75) is 6.42 Å². The fourth-order valence-corrected chi connectivity index (χ4v) is 1.80. The average Bonchev–Trinajstić information content (AvgIpc) is 2.57. The van der Waals surface area contributed by atoms with Crippen LogP contribution in [0.5, 0.6) is 11.5 Å². The van der Waals surface area contributed by atoms with E-state index in [0.717, 1.165) is 0 Å². The van der Waals surface area contributed by atoms with Crippen molar-refractivity contribution in [1.82, 2.24) is 20.6 Å². The molecule has 0 aliphatic heterocycles. The molecular formula is C14H15N5O5. The zero-order valence-electron chi connectivity index (χ0n) is 13.0. The third-order valence-corrected chi connectivity index (χ3v) is 2.94. The van der Waals surface area contributed by atoms with E-state index in [1.54, 1.807) is 18.2 Å². The lowest BCUT2D eigenvalue weighted by molar-refractivity contribution is -0.120. The van der Waals surface area contributed by atoms with Gasteiger partial charge in [-0.25, -0.2) is 15.3 Å². The van der Waals surface area contributed by atoms with Gasteiger partial charge in [-0.1, -0.05) is 0 Å². The van der Waals surface area contributed by atoms with Gasteiger partial charge in [0.2, 0.25) is 5.91 Å². The number of ether oxygens (including phenoxy) is 2. The van der Waals surface area contributed by atoms with E-state index in [9.17, 15) is 14.4 Å². The highest BCUT2D eigenvalue weighted by Crippen LogP contribution is 2.22. The number of H-pyrrole nitrogens is 2. The maximum absolute atomic E-state index is 11.8. The number of methoxy groups -OCH3 is 2. The molecule has 1 aromatic heterocycles. The SMILES string of the molecule is COc1ccc(OC)c(/C=N\NC(=O)Cc2n[nH]c(=O)[nH]c2=O)c1. The molecule has 0 saturated carbocycles. The van der Waals surface area contributed by atoms with Crippen molar-refractivity contribution in [3.05, 3.63) is 50.3 Å². The quantitative estimate of drug-likeness (QED) is 0.466. The molecule has 2 aromatic rings. The molecule has 0 aliphatic carbocycles. The van der Waals surface area contributed by atoms with Gasteiger partial charge in [0.1, 0.15) is 17.2 Å². The molecule has 10 heteroatoms. The van der Waals surface area contributed by atoms with Crippen molar-refractivity contribution >= 4 is 12.1 Å². The number of nitrogens with zero attached hydrogens (tertiary/aromatic N) is 2. The second-order valence-corrected chi connectivity index (χ2v) is 4.53. The summed E-state index contributed by atoms with van der Waals surface area (Å²) in [5.41, 5.74) is 1.26. The summed E-state index contributed by atoms with van der Waals surface area (Å²) in [6.07, 6.45) is 1.04. The van der Waals surface area contributed by atoms with E-state index in [-0.39, 0.29) is 12.1 Å². The van der Waals surface area contributed by atoms with Crippen LogP contribution in [0.4, 0.5) is 0 Å². The number of amides is 1. The standard InChI is InChI=1S/C14H15N5O5/c1-23-9-3-4-11(24-2)8(5-9)7-15-18-12(20)6-10-13(21)16-14(22)19-17-10/h3-5,7H,6H2,1-2H3,(H,18,20)(H2,16,19,21,22)/b15-7-. The number of hydrogen-bond donors (Lipinski definition) is 3. The van der Waals surface area contributed by atoms with Crippen LogP contribution in [-0.4, -0.2) is 41.5 Å². The molecule has 1 heterocycles. The van der Waals surface area contributed by atoms with Gasteiger partial charge in [-0.15, -0.1) is 0 Å². The fraction of sp³-hybridized carbons (Fsp3) is 0.214. The summed E-state index contributed by atoms with van der Waals surface area (Å²) < 4.78 is 10.3. The minimum Gasteiger partial charge on any atom is -0.497 e. The highest BCUT2D eigenvalue weighted by atomic mass is 16.5. The molecule has 126 valence electrons. The number of nitrogens with one attached hydrogen (secondary N) is 3. The van der Waals surface area contributed by atoms with E-state index in [1.807, 2.05) is 10.1 Å². The zero-order chi connectivity index (χ0) is 17.5. The Hall–Kier alpha value is -3.43. The van der Waals surface area contributed by atoms with Crippen molar-refractivity contribution in [3.63, 3.8) is 0 Å². The summed E-state index contributed by atoms with van der Waals surface area (Å²) in [4.78, 5) is 36.0. The number of carbonyl (C=O) groups excluding carboxylic acids is 1. The molecular weight excluding hydrogens is 318 g/mol. The highest BCUT2D eigenvalue weighted by Gasteiger charge is 2.09. The Bertz CT molecular complexity index is 870. The van der Waals surface area contributed by atoms with Gasteiger partial charge in [-0.2, -0.15) is 10.2 Å². The van der Waals surface area contributed by atoms with Crippen molar-refractivity contribution < 1.29 is 14.3 Å². The summed E-state index contributed by atoms with van der Waals surface area (Å²) in [5.74, 6) is 0.582. The first kappa shape index (κ1) is 16.9. The van der Waals surface area contributed by atoms with E-state index < -0.39 is 17.2 Å². The summed E-state index contributed by atoms with van der Waals surface area (Å²) in [6, 6.07) is 5.11. The molecule has 2 rings (SSSR count). The molecule has 0 fully saturated rings. The second-order valence-electron chi connectivity index (χ2n) is 4.53.